The summed E-state index contributed by atoms with van der Waals surface area (Å²) in [4.78, 5) is 28.7. The fourth-order valence-electron chi connectivity index (χ4n) is 2.83. The van der Waals surface area contributed by atoms with E-state index in [2.05, 4.69) is 34.6 Å². The van der Waals surface area contributed by atoms with E-state index in [1.54, 1.807) is 6.92 Å². The summed E-state index contributed by atoms with van der Waals surface area (Å²) >= 11 is 0. The van der Waals surface area contributed by atoms with Crippen molar-refractivity contribution in [2.45, 2.75) is 26.7 Å². The van der Waals surface area contributed by atoms with Crippen LogP contribution in [0, 0.1) is 5.41 Å². The highest BCUT2D eigenvalue weighted by Gasteiger charge is 2.16. The molecule has 8 nitrogen and oxygen atoms in total. The van der Waals surface area contributed by atoms with Gasteiger partial charge >= 0.3 is 6.03 Å². The summed E-state index contributed by atoms with van der Waals surface area (Å²) in [6.45, 7) is 6.48. The van der Waals surface area contributed by atoms with Gasteiger partial charge in [-0.05, 0) is 30.5 Å². The summed E-state index contributed by atoms with van der Waals surface area (Å²) in [5.74, 6) is 0.613. The largest absolute Gasteiger partial charge is 0.338 e. The van der Waals surface area contributed by atoms with Crippen molar-refractivity contribution in [3.8, 4) is 5.69 Å². The second-order valence-electron chi connectivity index (χ2n) is 6.44. The van der Waals surface area contributed by atoms with Crippen molar-refractivity contribution in [2.75, 3.05) is 11.9 Å². The van der Waals surface area contributed by atoms with Crippen LogP contribution in [0.4, 0.5) is 10.6 Å². The van der Waals surface area contributed by atoms with E-state index in [1.807, 2.05) is 24.3 Å². The van der Waals surface area contributed by atoms with Crippen LogP contribution in [-0.4, -0.2) is 33.6 Å². The lowest BCUT2D eigenvalue weighted by Gasteiger charge is -2.08. The Kier molecular flexibility index (Phi) is 5.07. The van der Waals surface area contributed by atoms with Crippen molar-refractivity contribution in [1.82, 2.24) is 20.1 Å². The molecule has 0 aliphatic heterocycles. The second-order valence-corrected chi connectivity index (χ2v) is 6.44. The standard InChI is InChI=1S/C19H22N6O2/c1-4-21-19(27)23-17-14(9-20)16-15(10-22-17)18(26)25(24-16)13-7-5-12(6-8-13)11(2)3/h5-11,20,24H,4H2,1-3H3,(H2,21,22,23,27). The van der Waals surface area contributed by atoms with Crippen molar-refractivity contribution < 1.29 is 4.79 Å². The maximum atomic E-state index is 12.8. The minimum atomic E-state index is -0.418. The Morgan fingerprint density at radius 1 is 1.33 bits per heavy atom. The number of hydrogen-bond acceptors (Lipinski definition) is 4. The Morgan fingerprint density at radius 2 is 2.04 bits per heavy atom. The van der Waals surface area contributed by atoms with Crippen molar-refractivity contribution in [3.05, 3.63) is 51.9 Å². The smallest absolute Gasteiger partial charge is 0.320 e. The molecular formula is C19H22N6O2. The molecule has 2 heterocycles. The zero-order valence-electron chi connectivity index (χ0n) is 15.5. The number of rotatable bonds is 5. The molecule has 4 N–H and O–H groups in total. The van der Waals surface area contributed by atoms with Gasteiger partial charge in [0.2, 0.25) is 0 Å². The minimum Gasteiger partial charge on any atom is -0.338 e. The first kappa shape index (κ1) is 18.4. The van der Waals surface area contributed by atoms with Crippen LogP contribution in [-0.2, 0) is 0 Å². The fourth-order valence-corrected chi connectivity index (χ4v) is 2.83. The van der Waals surface area contributed by atoms with Crippen LogP contribution in [0.3, 0.4) is 0 Å². The van der Waals surface area contributed by atoms with Gasteiger partial charge in [-0.15, -0.1) is 0 Å². The Balaban J connectivity index is 2.09. The lowest BCUT2D eigenvalue weighted by molar-refractivity contribution is 0.252. The van der Waals surface area contributed by atoms with Crippen LogP contribution in [0.5, 0.6) is 0 Å². The van der Waals surface area contributed by atoms with Crippen LogP contribution >= 0.6 is 0 Å². The summed E-state index contributed by atoms with van der Waals surface area (Å²) in [5.41, 5.74) is 2.40. The fraction of sp³-hybridized carbons (Fsp3) is 0.263. The zero-order valence-corrected chi connectivity index (χ0v) is 15.5. The van der Waals surface area contributed by atoms with Gasteiger partial charge in [0, 0.05) is 19.0 Å². The van der Waals surface area contributed by atoms with E-state index in [0.717, 1.165) is 6.21 Å². The first-order valence-corrected chi connectivity index (χ1v) is 8.75. The van der Waals surface area contributed by atoms with Gasteiger partial charge in [0.05, 0.1) is 22.2 Å². The predicted octanol–water partition coefficient (Wildman–Crippen LogP) is 2.98. The molecule has 0 bridgehead atoms. The molecule has 1 aromatic carbocycles. The second kappa shape index (κ2) is 7.45. The highest BCUT2D eigenvalue weighted by molar-refractivity contribution is 6.04. The molecule has 3 aromatic rings. The number of carbonyl (C=O) groups excluding carboxylic acids is 1. The van der Waals surface area contributed by atoms with Gasteiger partial charge in [-0.25, -0.2) is 14.5 Å². The summed E-state index contributed by atoms with van der Waals surface area (Å²) in [6.07, 6.45) is 2.47. The zero-order chi connectivity index (χ0) is 19.6. The maximum Gasteiger partial charge on any atom is 0.320 e. The van der Waals surface area contributed by atoms with Crippen LogP contribution < -0.4 is 16.2 Å². The third-order valence-corrected chi connectivity index (χ3v) is 4.31. The Labute approximate surface area is 156 Å². The lowest BCUT2D eigenvalue weighted by atomic mass is 10.0. The van der Waals surface area contributed by atoms with Gasteiger partial charge in [0.15, 0.2) is 0 Å². The molecule has 0 radical (unpaired) electrons. The van der Waals surface area contributed by atoms with E-state index in [9.17, 15) is 9.59 Å². The number of aromatic nitrogens is 3. The van der Waals surface area contributed by atoms with E-state index < -0.39 is 6.03 Å². The number of anilines is 1. The number of aromatic amines is 1. The highest BCUT2D eigenvalue weighted by atomic mass is 16.2. The molecule has 0 aliphatic carbocycles. The van der Waals surface area contributed by atoms with E-state index in [1.165, 1.54) is 16.4 Å². The summed E-state index contributed by atoms with van der Waals surface area (Å²) in [7, 11) is 0. The molecule has 8 heteroatoms. The van der Waals surface area contributed by atoms with Crippen LogP contribution in [0.2, 0.25) is 0 Å². The van der Waals surface area contributed by atoms with E-state index in [-0.39, 0.29) is 11.4 Å². The summed E-state index contributed by atoms with van der Waals surface area (Å²) in [5, 5.41) is 16.3. The van der Waals surface area contributed by atoms with E-state index >= 15 is 0 Å². The number of benzene rings is 1. The van der Waals surface area contributed by atoms with Crippen molar-refractivity contribution in [3.63, 3.8) is 0 Å². The molecule has 3 rings (SSSR count). The average Bonchev–Trinajstić information content (AvgIpc) is 2.98. The molecule has 2 aromatic heterocycles. The maximum absolute atomic E-state index is 12.8. The molecule has 0 unspecified atom stereocenters. The quantitative estimate of drug-likeness (QED) is 0.520. The van der Waals surface area contributed by atoms with Crippen LogP contribution in [0.25, 0.3) is 16.6 Å². The number of carbonyl (C=O) groups is 1. The predicted molar refractivity (Wildman–Crippen MR) is 106 cm³/mol. The monoisotopic (exact) mass is 366 g/mol. The molecule has 27 heavy (non-hydrogen) atoms. The molecule has 2 amide bonds. The number of pyridine rings is 1. The third kappa shape index (κ3) is 3.46. The van der Waals surface area contributed by atoms with Crippen molar-refractivity contribution >= 4 is 29.0 Å². The molecule has 0 fully saturated rings. The van der Waals surface area contributed by atoms with Gasteiger partial charge in [0.25, 0.3) is 5.56 Å². The molecule has 0 saturated heterocycles. The molecule has 0 spiro atoms. The van der Waals surface area contributed by atoms with Crippen LogP contribution in [0.15, 0.2) is 35.3 Å². The molecule has 140 valence electrons. The first-order valence-electron chi connectivity index (χ1n) is 8.75. The van der Waals surface area contributed by atoms with Crippen molar-refractivity contribution in [2.24, 2.45) is 0 Å². The van der Waals surface area contributed by atoms with E-state index in [0.29, 0.717) is 34.6 Å². The third-order valence-electron chi connectivity index (χ3n) is 4.31. The molecule has 0 atom stereocenters. The van der Waals surface area contributed by atoms with Gasteiger partial charge in [0.1, 0.15) is 5.82 Å². The minimum absolute atomic E-state index is 0.215. The number of hydrogen-bond donors (Lipinski definition) is 4. The van der Waals surface area contributed by atoms with Gasteiger partial charge in [-0.2, -0.15) is 0 Å². The SMILES string of the molecule is CCNC(=O)Nc1ncc2c(=O)n(-c3ccc(C(C)C)cc3)[nH]c2c1C=N. The van der Waals surface area contributed by atoms with Gasteiger partial charge in [-0.3, -0.25) is 15.2 Å². The topological polar surface area (TPSA) is 116 Å². The van der Waals surface area contributed by atoms with Gasteiger partial charge < -0.3 is 10.7 Å². The molecular weight excluding hydrogens is 344 g/mol. The number of H-pyrrole nitrogens is 1. The normalized spacial score (nSPS) is 11.0. The Bertz CT molecular complexity index is 1050. The average molecular weight is 366 g/mol. The lowest BCUT2D eigenvalue weighted by Crippen LogP contribution is -2.29. The number of fused-ring (bicyclic) bond motifs is 1. The number of urea groups is 1. The van der Waals surface area contributed by atoms with Gasteiger partial charge in [-0.1, -0.05) is 26.0 Å². The van der Waals surface area contributed by atoms with Crippen molar-refractivity contribution in [1.29, 1.82) is 5.41 Å². The molecule has 0 saturated carbocycles. The Morgan fingerprint density at radius 3 is 2.63 bits per heavy atom. The number of nitrogens with zero attached hydrogens (tertiary/aromatic N) is 2. The number of nitrogens with one attached hydrogen (secondary N) is 4. The first-order chi connectivity index (χ1) is 13.0. The number of amides is 2. The summed E-state index contributed by atoms with van der Waals surface area (Å²) < 4.78 is 1.42. The highest BCUT2D eigenvalue weighted by Crippen LogP contribution is 2.21. The Hall–Kier alpha value is -3.42. The van der Waals surface area contributed by atoms with Crippen LogP contribution in [0.1, 0.15) is 37.8 Å². The molecule has 0 aliphatic rings. The van der Waals surface area contributed by atoms with E-state index in [4.69, 9.17) is 5.41 Å². The summed E-state index contributed by atoms with van der Waals surface area (Å²) in [6, 6.07) is 7.29.